The van der Waals surface area contributed by atoms with Crippen molar-refractivity contribution >= 4 is 45.8 Å². The minimum Gasteiger partial charge on any atom is -0.374 e. The number of imide groups is 1. The summed E-state index contributed by atoms with van der Waals surface area (Å²) in [5.74, 6) is 6.69. The Morgan fingerprint density at radius 2 is 1.90 bits per heavy atom. The largest absolute Gasteiger partial charge is 0.374 e. The molecule has 15 nitrogen and oxygen atoms in total. The molecule has 62 heavy (non-hydrogen) atoms. The molecule has 8 heterocycles. The molecule has 4 aliphatic heterocycles. The Hall–Kier alpha value is -5.70. The number of benzene rings is 1. The van der Waals surface area contributed by atoms with Crippen LogP contribution in [0.25, 0.3) is 16.6 Å². The van der Waals surface area contributed by atoms with Gasteiger partial charge in [0.1, 0.15) is 24.0 Å². The fourth-order valence-corrected chi connectivity index (χ4v) is 10.2. The summed E-state index contributed by atoms with van der Waals surface area (Å²) < 4.78 is 45.6. The number of ether oxygens (including phenoxy) is 2. The van der Waals surface area contributed by atoms with Gasteiger partial charge in [0.25, 0.3) is 12.3 Å². The third kappa shape index (κ3) is 7.95. The number of halogens is 2. The number of nitrogens with one attached hydrogen (secondary N) is 2. The van der Waals surface area contributed by atoms with Crippen LogP contribution in [0.2, 0.25) is 0 Å². The molecule has 1 aromatic carbocycles. The molecule has 10 rings (SSSR count). The molecular weight excluding hydrogens is 799 g/mol. The van der Waals surface area contributed by atoms with E-state index in [1.54, 1.807) is 17.1 Å². The smallest absolute Gasteiger partial charge is 0.284 e. The number of carbonyl (C=O) groups is 3. The summed E-state index contributed by atoms with van der Waals surface area (Å²) in [4.78, 5) is 47.3. The lowest BCUT2D eigenvalue weighted by Gasteiger charge is -2.36. The van der Waals surface area contributed by atoms with Crippen LogP contribution < -0.4 is 15.5 Å². The van der Waals surface area contributed by atoms with E-state index in [-0.39, 0.29) is 47.4 Å². The van der Waals surface area contributed by atoms with Gasteiger partial charge in [-0.05, 0) is 88.0 Å². The van der Waals surface area contributed by atoms with E-state index in [0.717, 1.165) is 99.0 Å². The Labute approximate surface area is 357 Å². The first-order chi connectivity index (χ1) is 30.1. The Bertz CT molecular complexity index is 2580. The van der Waals surface area contributed by atoms with Crippen molar-refractivity contribution in [3.05, 3.63) is 71.4 Å². The van der Waals surface area contributed by atoms with Crippen LogP contribution in [0.5, 0.6) is 0 Å². The molecular formula is C45H50F2N10O5. The second kappa shape index (κ2) is 16.9. The maximum atomic E-state index is 14.3. The van der Waals surface area contributed by atoms with Crippen LogP contribution in [0, 0.1) is 24.7 Å². The van der Waals surface area contributed by atoms with E-state index >= 15 is 0 Å². The van der Waals surface area contributed by atoms with Gasteiger partial charge in [0.2, 0.25) is 11.8 Å². The number of hydrogen-bond donors (Lipinski definition) is 2. The van der Waals surface area contributed by atoms with Gasteiger partial charge in [-0.2, -0.15) is 10.2 Å². The van der Waals surface area contributed by atoms with Gasteiger partial charge in [0.15, 0.2) is 11.3 Å². The van der Waals surface area contributed by atoms with Crippen molar-refractivity contribution < 1.29 is 32.6 Å². The average Bonchev–Trinajstić information content (AvgIpc) is 4.13. The van der Waals surface area contributed by atoms with Crippen LogP contribution in [0.3, 0.4) is 0 Å². The van der Waals surface area contributed by atoms with Crippen molar-refractivity contribution in [2.24, 2.45) is 5.92 Å². The molecule has 0 radical (unpaired) electrons. The molecule has 1 aliphatic carbocycles. The van der Waals surface area contributed by atoms with Crippen molar-refractivity contribution in [3.8, 4) is 11.8 Å². The quantitative estimate of drug-likeness (QED) is 0.134. The number of fused-ring (bicyclic) bond motifs is 4. The van der Waals surface area contributed by atoms with Crippen molar-refractivity contribution in [2.75, 3.05) is 49.6 Å². The molecule has 17 heteroatoms. The predicted molar refractivity (Wildman–Crippen MR) is 225 cm³/mol. The van der Waals surface area contributed by atoms with Crippen LogP contribution in [-0.2, 0) is 19.1 Å². The number of likely N-dealkylation sites (tertiary alicyclic amines) is 1. The lowest BCUT2D eigenvalue weighted by Crippen LogP contribution is -2.41. The molecule has 3 amide bonds. The molecule has 3 atom stereocenters. The SMILES string of the molecule is Cc1cn(C2CCC(=O)NC2=O)c2cccc(C#CCOC3CCN(CC4CCC(n5cc(NC(=O)c6cnn7ccc(N8CC9C[C@@H]8CO9)nc67)c(C(F)F)n5)CC4)CC3)c12. The number of anilines is 2. The molecule has 5 aromatic rings. The number of aryl methyl sites for hydroxylation is 1. The minimum absolute atomic E-state index is 0.00176. The van der Waals surface area contributed by atoms with Gasteiger partial charge >= 0.3 is 0 Å². The zero-order valence-electron chi connectivity index (χ0n) is 34.6. The van der Waals surface area contributed by atoms with Gasteiger partial charge in [-0.25, -0.2) is 18.3 Å². The molecule has 1 saturated carbocycles. The van der Waals surface area contributed by atoms with Crippen LogP contribution in [0.15, 0.2) is 49.1 Å². The normalized spacial score (nSPS) is 24.6. The average molecular weight is 849 g/mol. The van der Waals surface area contributed by atoms with Gasteiger partial charge < -0.3 is 29.2 Å². The predicted octanol–water partition coefficient (Wildman–Crippen LogP) is 5.60. The van der Waals surface area contributed by atoms with E-state index in [1.807, 2.05) is 42.0 Å². The highest BCUT2D eigenvalue weighted by Crippen LogP contribution is 2.37. The summed E-state index contributed by atoms with van der Waals surface area (Å²) in [7, 11) is 0. The number of alkyl halides is 2. The van der Waals surface area contributed by atoms with Crippen LogP contribution in [0.4, 0.5) is 20.3 Å². The molecule has 2 unspecified atom stereocenters. The standard InChI is InChI=1S/C45H50F2N10O5/c1-27-22-55(37-11-12-39(58)51-45(37)60)36-6-2-4-29(40(27)36)5-3-19-61-32-13-16-53(17-14-32)23-28-7-9-30(10-8-28)57-25-35(41(52-57)42(46)47)49-44(59)34-21-48-56-18-15-38(50-43(34)56)54-24-33-20-31(54)26-62-33/h2,4,6,15,18,21-22,25,28,30-33,37,42H,7-14,16-17,19-20,23-24,26H2,1H3,(H,49,59)(H,51,58,60)/t28?,30?,31-,33?,37?/m1/s1. The first-order valence-electron chi connectivity index (χ1n) is 21.8. The number of hydrogen-bond acceptors (Lipinski definition) is 10. The highest BCUT2D eigenvalue weighted by Gasteiger charge is 2.40. The third-order valence-corrected chi connectivity index (χ3v) is 13.5. The Morgan fingerprint density at radius 3 is 2.66 bits per heavy atom. The lowest BCUT2D eigenvalue weighted by atomic mass is 9.85. The zero-order chi connectivity index (χ0) is 42.5. The van der Waals surface area contributed by atoms with Gasteiger partial charge in [0.05, 0.1) is 48.3 Å². The van der Waals surface area contributed by atoms with Gasteiger partial charge in [0, 0.05) is 62.1 Å². The highest BCUT2D eigenvalue weighted by molar-refractivity contribution is 6.08. The van der Waals surface area contributed by atoms with Crippen molar-refractivity contribution in [1.29, 1.82) is 0 Å². The molecule has 0 spiro atoms. The lowest BCUT2D eigenvalue weighted by molar-refractivity contribution is -0.135. The first-order valence-corrected chi connectivity index (χ1v) is 21.8. The van der Waals surface area contributed by atoms with Crippen molar-refractivity contribution in [2.45, 2.75) is 101 Å². The minimum atomic E-state index is -2.85. The summed E-state index contributed by atoms with van der Waals surface area (Å²) in [5.41, 5.74) is 2.97. The number of piperidine rings is 2. The molecule has 324 valence electrons. The van der Waals surface area contributed by atoms with Crippen LogP contribution in [0.1, 0.15) is 103 Å². The van der Waals surface area contributed by atoms with Crippen molar-refractivity contribution in [3.63, 3.8) is 0 Å². The second-order valence-electron chi connectivity index (χ2n) is 17.4. The van der Waals surface area contributed by atoms with E-state index in [4.69, 9.17) is 14.5 Å². The van der Waals surface area contributed by atoms with E-state index in [1.165, 1.54) is 10.7 Å². The number of aromatic nitrogens is 6. The fraction of sp³-hybridized carbons (Fsp3) is 0.511. The number of amides is 3. The topological polar surface area (TPSA) is 153 Å². The Morgan fingerprint density at radius 1 is 1.06 bits per heavy atom. The van der Waals surface area contributed by atoms with E-state index in [9.17, 15) is 23.2 Å². The van der Waals surface area contributed by atoms with E-state index in [2.05, 4.69) is 42.5 Å². The molecule has 5 fully saturated rings. The maximum absolute atomic E-state index is 14.3. The van der Waals surface area contributed by atoms with Crippen LogP contribution >= 0.6 is 0 Å². The number of morpholine rings is 1. The Kier molecular flexibility index (Phi) is 11.0. The number of carbonyl (C=O) groups excluding carboxylic acids is 3. The molecule has 2 bridgehead atoms. The van der Waals surface area contributed by atoms with Gasteiger partial charge in [-0.15, -0.1) is 0 Å². The molecule has 4 saturated heterocycles. The second-order valence-corrected chi connectivity index (χ2v) is 17.4. The molecule has 4 aromatic heterocycles. The maximum Gasteiger partial charge on any atom is 0.284 e. The van der Waals surface area contributed by atoms with Gasteiger partial charge in [-0.3, -0.25) is 24.4 Å². The first kappa shape index (κ1) is 40.4. The zero-order valence-corrected chi connectivity index (χ0v) is 34.6. The number of rotatable bonds is 10. The summed E-state index contributed by atoms with van der Waals surface area (Å²) in [6, 6.07) is 7.59. The number of nitrogens with zero attached hydrogens (tertiary/aromatic N) is 8. The van der Waals surface area contributed by atoms with Gasteiger partial charge in [-0.1, -0.05) is 17.9 Å². The summed E-state index contributed by atoms with van der Waals surface area (Å²) in [6.45, 7) is 6.62. The van der Waals surface area contributed by atoms with E-state index < -0.39 is 24.1 Å². The summed E-state index contributed by atoms with van der Waals surface area (Å²) in [5, 5.41) is 14.8. The summed E-state index contributed by atoms with van der Waals surface area (Å²) >= 11 is 0. The monoisotopic (exact) mass is 848 g/mol. The molecule has 5 aliphatic rings. The fourth-order valence-electron chi connectivity index (χ4n) is 10.2. The Balaban J connectivity index is 0.695. The summed E-state index contributed by atoms with van der Waals surface area (Å²) in [6.07, 6.45) is 11.3. The third-order valence-electron chi connectivity index (χ3n) is 13.5. The van der Waals surface area contributed by atoms with Crippen molar-refractivity contribution in [1.82, 2.24) is 39.2 Å². The molecule has 2 N–H and O–H groups in total. The van der Waals surface area contributed by atoms with Crippen LogP contribution in [-0.4, -0.2) is 109 Å². The van der Waals surface area contributed by atoms with E-state index in [0.29, 0.717) is 37.6 Å². The highest BCUT2D eigenvalue weighted by atomic mass is 19.3.